The van der Waals surface area contributed by atoms with Crippen molar-refractivity contribution in [2.75, 3.05) is 11.4 Å². The first-order valence-corrected chi connectivity index (χ1v) is 10.9. The van der Waals surface area contributed by atoms with Crippen LogP contribution in [-0.4, -0.2) is 25.2 Å². The molecule has 0 N–H and O–H groups in total. The third-order valence-electron chi connectivity index (χ3n) is 6.35. The Bertz CT molecular complexity index is 1490. The number of benzene rings is 2. The van der Waals surface area contributed by atoms with Gasteiger partial charge in [-0.05, 0) is 62.1 Å². The Balaban J connectivity index is 1.69. The van der Waals surface area contributed by atoms with Crippen molar-refractivity contribution in [2.45, 2.75) is 40.8 Å². The van der Waals surface area contributed by atoms with Crippen LogP contribution in [0.25, 0.3) is 11.2 Å². The van der Waals surface area contributed by atoms with Gasteiger partial charge < -0.3 is 9.47 Å². The van der Waals surface area contributed by atoms with Crippen LogP contribution in [-0.2, 0) is 20.1 Å². The highest BCUT2D eigenvalue weighted by Gasteiger charge is 2.29. The smallest absolute Gasteiger partial charge is 0.310 e. The largest absolute Gasteiger partial charge is 0.332 e. The third-order valence-corrected chi connectivity index (χ3v) is 6.35. The second-order valence-electron chi connectivity index (χ2n) is 8.90. The van der Waals surface area contributed by atoms with Crippen molar-refractivity contribution in [1.82, 2.24) is 18.7 Å². The Morgan fingerprint density at radius 1 is 0.906 bits per heavy atom. The molecule has 3 heterocycles. The summed E-state index contributed by atoms with van der Waals surface area (Å²) in [5.74, 6) is 0.710. The minimum absolute atomic E-state index is 0.246. The molecular formula is C25H27N5O2. The molecule has 7 nitrogen and oxygen atoms in total. The summed E-state index contributed by atoms with van der Waals surface area (Å²) in [6.45, 7) is 9.79. The first-order valence-electron chi connectivity index (χ1n) is 10.9. The Morgan fingerprint density at radius 2 is 1.62 bits per heavy atom. The SMILES string of the molecule is Cc1cc(C)cc(N2CCn3c2nc2c3c(=O)n(Cc3cc(C)ccc3C)c(=O)n2C)c1. The Morgan fingerprint density at radius 3 is 2.34 bits per heavy atom. The molecule has 32 heavy (non-hydrogen) atoms. The molecule has 1 aliphatic heterocycles. The number of imidazole rings is 1. The molecule has 164 valence electrons. The minimum atomic E-state index is -0.349. The standard InChI is InChI=1S/C25H27N5O2/c1-15-6-7-18(4)19(11-15)14-30-23(31)21-22(27(5)25(30)32)26-24-28(8-9-29(21)24)20-12-16(2)10-17(3)13-20/h6-7,10-13H,8-9,14H2,1-5H3. The molecule has 0 spiro atoms. The van der Waals surface area contributed by atoms with Gasteiger partial charge in [0.25, 0.3) is 5.56 Å². The molecule has 2 aromatic carbocycles. The molecule has 0 aliphatic carbocycles. The maximum absolute atomic E-state index is 13.5. The first-order chi connectivity index (χ1) is 15.2. The van der Waals surface area contributed by atoms with Crippen molar-refractivity contribution in [3.8, 4) is 0 Å². The summed E-state index contributed by atoms with van der Waals surface area (Å²) in [6.07, 6.45) is 0. The number of rotatable bonds is 3. The Hall–Kier alpha value is -3.61. The Kier molecular flexibility index (Phi) is 4.58. The van der Waals surface area contributed by atoms with Crippen LogP contribution < -0.4 is 16.1 Å². The summed E-state index contributed by atoms with van der Waals surface area (Å²) in [5, 5.41) is 0. The van der Waals surface area contributed by atoms with Crippen molar-refractivity contribution >= 4 is 22.8 Å². The van der Waals surface area contributed by atoms with Crippen molar-refractivity contribution in [1.29, 1.82) is 0 Å². The van der Waals surface area contributed by atoms with E-state index in [9.17, 15) is 9.59 Å². The number of aryl methyl sites for hydroxylation is 5. The summed E-state index contributed by atoms with van der Waals surface area (Å²) < 4.78 is 4.78. The molecule has 7 heteroatoms. The van der Waals surface area contributed by atoms with E-state index < -0.39 is 0 Å². The van der Waals surface area contributed by atoms with Crippen LogP contribution in [0.3, 0.4) is 0 Å². The predicted molar refractivity (Wildman–Crippen MR) is 127 cm³/mol. The average molecular weight is 430 g/mol. The van der Waals surface area contributed by atoms with E-state index in [1.807, 2.05) is 36.6 Å². The zero-order chi connectivity index (χ0) is 22.7. The van der Waals surface area contributed by atoms with Gasteiger partial charge in [-0.15, -0.1) is 0 Å². The fourth-order valence-electron chi connectivity index (χ4n) is 4.71. The number of hydrogen-bond acceptors (Lipinski definition) is 4. The van der Waals surface area contributed by atoms with E-state index in [0.717, 1.165) is 28.9 Å². The molecule has 4 aromatic rings. The quantitative estimate of drug-likeness (QED) is 0.501. The van der Waals surface area contributed by atoms with E-state index in [2.05, 4.69) is 36.9 Å². The van der Waals surface area contributed by atoms with Crippen molar-refractivity contribution in [3.63, 3.8) is 0 Å². The molecule has 0 atom stereocenters. The lowest BCUT2D eigenvalue weighted by molar-refractivity contribution is 0.650. The van der Waals surface area contributed by atoms with Crippen LogP contribution in [0.15, 0.2) is 46.0 Å². The molecule has 0 bridgehead atoms. The summed E-state index contributed by atoms with van der Waals surface area (Å²) in [4.78, 5) is 33.6. The van der Waals surface area contributed by atoms with Crippen LogP contribution in [0.5, 0.6) is 0 Å². The topological polar surface area (TPSA) is 65.1 Å². The minimum Gasteiger partial charge on any atom is -0.310 e. The monoisotopic (exact) mass is 429 g/mol. The highest BCUT2D eigenvalue weighted by Crippen LogP contribution is 2.32. The van der Waals surface area contributed by atoms with Crippen LogP contribution in [0, 0.1) is 27.7 Å². The maximum atomic E-state index is 13.5. The fraction of sp³-hybridized carbons (Fsp3) is 0.320. The Labute approximate surface area is 186 Å². The number of fused-ring (bicyclic) bond motifs is 3. The van der Waals surface area contributed by atoms with Crippen molar-refractivity contribution in [3.05, 3.63) is 85.1 Å². The number of anilines is 2. The second-order valence-corrected chi connectivity index (χ2v) is 8.90. The fourth-order valence-corrected chi connectivity index (χ4v) is 4.71. The van der Waals surface area contributed by atoms with E-state index in [0.29, 0.717) is 23.7 Å². The number of aromatic nitrogens is 4. The maximum Gasteiger partial charge on any atom is 0.332 e. The van der Waals surface area contributed by atoms with Gasteiger partial charge in [-0.25, -0.2) is 4.79 Å². The predicted octanol–water partition coefficient (Wildman–Crippen LogP) is 3.33. The highest BCUT2D eigenvalue weighted by atomic mass is 16.2. The van der Waals surface area contributed by atoms with Crippen LogP contribution in [0.2, 0.25) is 0 Å². The van der Waals surface area contributed by atoms with E-state index in [-0.39, 0.29) is 17.8 Å². The van der Waals surface area contributed by atoms with Gasteiger partial charge in [0, 0.05) is 25.8 Å². The molecule has 0 unspecified atom stereocenters. The zero-order valence-corrected chi connectivity index (χ0v) is 19.1. The van der Waals surface area contributed by atoms with Gasteiger partial charge in [-0.3, -0.25) is 13.9 Å². The first kappa shape index (κ1) is 20.3. The average Bonchev–Trinajstić information content (AvgIpc) is 3.30. The van der Waals surface area contributed by atoms with Gasteiger partial charge in [0.2, 0.25) is 5.95 Å². The van der Waals surface area contributed by atoms with Gasteiger partial charge in [0.1, 0.15) is 0 Å². The molecule has 0 amide bonds. The van der Waals surface area contributed by atoms with Gasteiger partial charge in [0.15, 0.2) is 11.2 Å². The summed E-state index contributed by atoms with van der Waals surface area (Å²) in [7, 11) is 1.69. The van der Waals surface area contributed by atoms with E-state index >= 15 is 0 Å². The van der Waals surface area contributed by atoms with E-state index in [1.54, 1.807) is 7.05 Å². The lowest BCUT2D eigenvalue weighted by Crippen LogP contribution is -2.40. The van der Waals surface area contributed by atoms with Gasteiger partial charge in [-0.2, -0.15) is 4.98 Å². The molecule has 1 aliphatic rings. The third kappa shape index (κ3) is 3.07. The lowest BCUT2D eigenvalue weighted by Gasteiger charge is -2.17. The van der Waals surface area contributed by atoms with Gasteiger partial charge in [0.05, 0.1) is 6.54 Å². The van der Waals surface area contributed by atoms with E-state index in [1.165, 1.54) is 20.3 Å². The zero-order valence-electron chi connectivity index (χ0n) is 19.1. The molecule has 5 rings (SSSR count). The summed E-state index contributed by atoms with van der Waals surface area (Å²) in [6, 6.07) is 12.5. The van der Waals surface area contributed by atoms with E-state index in [4.69, 9.17) is 4.98 Å². The highest BCUT2D eigenvalue weighted by molar-refractivity contribution is 5.78. The summed E-state index contributed by atoms with van der Waals surface area (Å²) in [5.41, 5.74) is 6.83. The van der Waals surface area contributed by atoms with Gasteiger partial charge >= 0.3 is 5.69 Å². The normalized spacial score (nSPS) is 13.2. The van der Waals surface area contributed by atoms with Crippen LogP contribution >= 0.6 is 0 Å². The number of nitrogens with zero attached hydrogens (tertiary/aromatic N) is 5. The molecule has 0 saturated heterocycles. The molecule has 0 fully saturated rings. The molecule has 0 saturated carbocycles. The van der Waals surface area contributed by atoms with Crippen LogP contribution in [0.1, 0.15) is 27.8 Å². The van der Waals surface area contributed by atoms with Crippen LogP contribution in [0.4, 0.5) is 11.6 Å². The van der Waals surface area contributed by atoms with Crippen molar-refractivity contribution in [2.24, 2.45) is 7.05 Å². The second kappa shape index (κ2) is 7.22. The van der Waals surface area contributed by atoms with Crippen molar-refractivity contribution < 1.29 is 0 Å². The van der Waals surface area contributed by atoms with Gasteiger partial charge in [-0.1, -0.05) is 29.8 Å². The number of hydrogen-bond donors (Lipinski definition) is 0. The summed E-state index contributed by atoms with van der Waals surface area (Å²) >= 11 is 0. The molecule has 0 radical (unpaired) electrons. The molecule has 2 aromatic heterocycles. The lowest BCUT2D eigenvalue weighted by atomic mass is 10.1. The molecular weight excluding hydrogens is 402 g/mol.